The fourth-order valence-corrected chi connectivity index (χ4v) is 1.09. The minimum atomic E-state index is -1.10. The van der Waals surface area contributed by atoms with E-state index in [0.717, 1.165) is 0 Å². The molecule has 1 unspecified atom stereocenters. The van der Waals surface area contributed by atoms with Gasteiger partial charge in [-0.15, -0.1) is 0 Å². The first-order valence-electron chi connectivity index (χ1n) is 4.63. The quantitative estimate of drug-likeness (QED) is 0.781. The topological polar surface area (TPSA) is 72.8 Å². The van der Waals surface area contributed by atoms with Crippen LogP contribution in [-0.4, -0.2) is 30.3 Å². The highest BCUT2D eigenvalue weighted by atomic mass is 16.5. The molecule has 0 aromatic heterocycles. The second-order valence-corrected chi connectivity index (χ2v) is 3.09. The van der Waals surface area contributed by atoms with Gasteiger partial charge in [-0.25, -0.2) is 9.59 Å². The van der Waals surface area contributed by atoms with Crippen LogP contribution in [0.25, 0.3) is 0 Å². The molecule has 1 N–H and O–H groups in total. The molecule has 5 heteroatoms. The molecule has 0 saturated carbocycles. The summed E-state index contributed by atoms with van der Waals surface area (Å²) in [5, 5.41) is 8.69. The van der Waals surface area contributed by atoms with Gasteiger partial charge in [0, 0.05) is 0 Å². The Hall–Kier alpha value is -2.04. The van der Waals surface area contributed by atoms with Crippen LogP contribution in [0, 0.1) is 0 Å². The lowest BCUT2D eigenvalue weighted by Crippen LogP contribution is -2.23. The van der Waals surface area contributed by atoms with Crippen LogP contribution in [0.3, 0.4) is 0 Å². The maximum atomic E-state index is 11.3. The third-order valence-electron chi connectivity index (χ3n) is 1.94. The Labute approximate surface area is 92.6 Å². The van der Waals surface area contributed by atoms with Gasteiger partial charge in [0.2, 0.25) is 0 Å². The average Bonchev–Trinajstić information content (AvgIpc) is 2.28. The molecule has 5 nitrogen and oxygen atoms in total. The van der Waals surface area contributed by atoms with Crippen LogP contribution in [0.2, 0.25) is 0 Å². The number of benzene rings is 1. The van der Waals surface area contributed by atoms with Crippen molar-refractivity contribution in [3.05, 3.63) is 29.8 Å². The Morgan fingerprint density at radius 1 is 1.31 bits per heavy atom. The van der Waals surface area contributed by atoms with Gasteiger partial charge in [0.05, 0.1) is 7.11 Å². The van der Waals surface area contributed by atoms with Crippen molar-refractivity contribution in [3.8, 4) is 5.75 Å². The molecule has 0 fully saturated rings. The maximum Gasteiger partial charge on any atom is 0.344 e. The lowest BCUT2D eigenvalue weighted by atomic mass is 10.2. The lowest BCUT2D eigenvalue weighted by molar-refractivity contribution is -0.144. The first-order valence-corrected chi connectivity index (χ1v) is 4.63. The first kappa shape index (κ1) is 12.0. The van der Waals surface area contributed by atoms with Crippen molar-refractivity contribution in [1.82, 2.24) is 0 Å². The summed E-state index contributed by atoms with van der Waals surface area (Å²) in [6, 6.07) is 6.32. The summed E-state index contributed by atoms with van der Waals surface area (Å²) >= 11 is 0. The summed E-state index contributed by atoms with van der Waals surface area (Å²) in [7, 11) is 1.25. The van der Waals surface area contributed by atoms with Gasteiger partial charge in [-0.05, 0) is 19.1 Å². The van der Waals surface area contributed by atoms with Crippen molar-refractivity contribution in [2.75, 3.05) is 7.11 Å². The van der Waals surface area contributed by atoms with Gasteiger partial charge in [-0.2, -0.15) is 0 Å². The standard InChI is InChI=1S/C11H12O5/c1-7(10(12)13)16-9-6-4-3-5-8(9)11(14)15-2/h3-7H,1-2H3,(H,12,13). The zero-order chi connectivity index (χ0) is 12.1. The number of carbonyl (C=O) groups excluding carboxylic acids is 1. The maximum absolute atomic E-state index is 11.3. The molecule has 0 saturated heterocycles. The predicted molar refractivity (Wildman–Crippen MR) is 55.5 cm³/mol. The molecule has 0 bridgehead atoms. The highest BCUT2D eigenvalue weighted by Crippen LogP contribution is 2.20. The molecule has 86 valence electrons. The van der Waals surface area contributed by atoms with Gasteiger partial charge >= 0.3 is 11.9 Å². The van der Waals surface area contributed by atoms with E-state index in [2.05, 4.69) is 4.74 Å². The van der Waals surface area contributed by atoms with Crippen LogP contribution in [0.4, 0.5) is 0 Å². The minimum Gasteiger partial charge on any atom is -0.479 e. The normalized spacial score (nSPS) is 11.6. The third-order valence-corrected chi connectivity index (χ3v) is 1.94. The van der Waals surface area contributed by atoms with E-state index in [1.807, 2.05) is 0 Å². The van der Waals surface area contributed by atoms with Crippen LogP contribution in [0.1, 0.15) is 17.3 Å². The van der Waals surface area contributed by atoms with Gasteiger partial charge < -0.3 is 14.6 Å². The van der Waals surface area contributed by atoms with Gasteiger partial charge in [0.15, 0.2) is 6.10 Å². The second kappa shape index (κ2) is 5.16. The van der Waals surface area contributed by atoms with Gasteiger partial charge in [0.25, 0.3) is 0 Å². The highest BCUT2D eigenvalue weighted by molar-refractivity contribution is 5.92. The molecule has 0 spiro atoms. The van der Waals surface area contributed by atoms with Crippen molar-refractivity contribution in [1.29, 1.82) is 0 Å². The Morgan fingerprint density at radius 2 is 1.94 bits per heavy atom. The number of aliphatic carboxylic acids is 1. The lowest BCUT2D eigenvalue weighted by Gasteiger charge is -2.12. The van der Waals surface area contributed by atoms with Gasteiger partial charge in [0.1, 0.15) is 11.3 Å². The number of ether oxygens (including phenoxy) is 2. The molecule has 0 aliphatic rings. The van der Waals surface area contributed by atoms with E-state index >= 15 is 0 Å². The van der Waals surface area contributed by atoms with Crippen LogP contribution in [-0.2, 0) is 9.53 Å². The molecular weight excluding hydrogens is 212 g/mol. The molecule has 16 heavy (non-hydrogen) atoms. The van der Waals surface area contributed by atoms with Crippen LogP contribution < -0.4 is 4.74 Å². The van der Waals surface area contributed by atoms with Crippen molar-refractivity contribution in [2.45, 2.75) is 13.0 Å². The molecule has 0 aliphatic heterocycles. The Morgan fingerprint density at radius 3 is 2.50 bits per heavy atom. The fraction of sp³-hybridized carbons (Fsp3) is 0.273. The van der Waals surface area contributed by atoms with Gasteiger partial charge in [-0.1, -0.05) is 12.1 Å². The van der Waals surface area contributed by atoms with E-state index in [1.165, 1.54) is 26.2 Å². The minimum absolute atomic E-state index is 0.198. The number of rotatable bonds is 4. The van der Waals surface area contributed by atoms with Crippen LogP contribution >= 0.6 is 0 Å². The summed E-state index contributed by atoms with van der Waals surface area (Å²) in [4.78, 5) is 21.9. The molecule has 0 heterocycles. The van der Waals surface area contributed by atoms with E-state index in [4.69, 9.17) is 9.84 Å². The van der Waals surface area contributed by atoms with E-state index in [0.29, 0.717) is 0 Å². The van der Waals surface area contributed by atoms with Gasteiger partial charge in [-0.3, -0.25) is 0 Å². The van der Waals surface area contributed by atoms with E-state index in [-0.39, 0.29) is 11.3 Å². The number of hydrogen-bond acceptors (Lipinski definition) is 4. The average molecular weight is 224 g/mol. The fourth-order valence-electron chi connectivity index (χ4n) is 1.09. The molecule has 0 radical (unpaired) electrons. The van der Waals surface area contributed by atoms with E-state index in [1.54, 1.807) is 12.1 Å². The number of esters is 1. The molecule has 1 aromatic rings. The number of hydrogen-bond donors (Lipinski definition) is 1. The van der Waals surface area contributed by atoms with Crippen molar-refractivity contribution in [3.63, 3.8) is 0 Å². The van der Waals surface area contributed by atoms with E-state index < -0.39 is 18.0 Å². The third kappa shape index (κ3) is 2.73. The number of carboxylic acids is 1. The smallest absolute Gasteiger partial charge is 0.344 e. The second-order valence-electron chi connectivity index (χ2n) is 3.09. The first-order chi connectivity index (χ1) is 7.56. The molecule has 1 aromatic carbocycles. The molecule has 1 atom stereocenters. The monoisotopic (exact) mass is 224 g/mol. The van der Waals surface area contributed by atoms with Crippen molar-refractivity contribution >= 4 is 11.9 Å². The summed E-state index contributed by atoms with van der Waals surface area (Å²) in [6.07, 6.45) is -1.02. The summed E-state index contributed by atoms with van der Waals surface area (Å²) < 4.78 is 9.68. The number of para-hydroxylation sites is 1. The van der Waals surface area contributed by atoms with Crippen molar-refractivity contribution < 1.29 is 24.2 Å². The summed E-state index contributed by atoms with van der Waals surface area (Å²) in [5.41, 5.74) is 0.207. The molecule has 0 amide bonds. The molecule has 0 aliphatic carbocycles. The largest absolute Gasteiger partial charge is 0.479 e. The zero-order valence-electron chi connectivity index (χ0n) is 8.97. The molecular formula is C11H12O5. The number of carbonyl (C=O) groups is 2. The van der Waals surface area contributed by atoms with Crippen molar-refractivity contribution in [2.24, 2.45) is 0 Å². The molecule has 1 rings (SSSR count). The Kier molecular flexibility index (Phi) is 3.88. The number of carboxylic acid groups (broad SMARTS) is 1. The summed E-state index contributed by atoms with van der Waals surface area (Å²) in [6.45, 7) is 1.39. The SMILES string of the molecule is COC(=O)c1ccccc1OC(C)C(=O)O. The Bertz CT molecular complexity index is 399. The Balaban J connectivity index is 2.95. The van der Waals surface area contributed by atoms with Crippen LogP contribution in [0.15, 0.2) is 24.3 Å². The highest BCUT2D eigenvalue weighted by Gasteiger charge is 2.17. The zero-order valence-corrected chi connectivity index (χ0v) is 8.97. The predicted octanol–water partition coefficient (Wildman–Crippen LogP) is 1.33. The van der Waals surface area contributed by atoms with Crippen LogP contribution in [0.5, 0.6) is 5.75 Å². The van der Waals surface area contributed by atoms with E-state index in [9.17, 15) is 9.59 Å². The number of methoxy groups -OCH3 is 1. The summed E-state index contributed by atoms with van der Waals surface area (Å²) in [5.74, 6) is -1.46.